The normalized spacial score (nSPS) is 34.8. The number of fused-ring (bicyclic) bond motifs is 1. The van der Waals surface area contributed by atoms with Crippen LogP contribution in [0.15, 0.2) is 54.6 Å². The first-order valence-electron chi connectivity index (χ1n) is 8.30. The van der Waals surface area contributed by atoms with Gasteiger partial charge in [0.25, 0.3) is 0 Å². The second-order valence-electron chi connectivity index (χ2n) is 6.70. The van der Waals surface area contributed by atoms with Gasteiger partial charge >= 0.3 is 0 Å². The zero-order valence-electron chi connectivity index (χ0n) is 12.8. The SMILES string of the molecule is O=C1c2ccccc2CCC[C@]12O[C@H]2[C@H]1O[C@@H]1c1ccccc1. The monoisotopic (exact) mass is 306 g/mol. The Bertz CT molecular complexity index is 769. The van der Waals surface area contributed by atoms with Crippen LogP contribution in [0.4, 0.5) is 0 Å². The van der Waals surface area contributed by atoms with Gasteiger partial charge in [-0.1, -0.05) is 54.6 Å². The molecular weight excluding hydrogens is 288 g/mol. The first-order valence-corrected chi connectivity index (χ1v) is 8.30. The van der Waals surface area contributed by atoms with Gasteiger partial charge in [0.15, 0.2) is 11.4 Å². The molecule has 3 aliphatic rings. The Kier molecular flexibility index (Phi) is 2.79. The van der Waals surface area contributed by atoms with E-state index in [9.17, 15) is 4.79 Å². The molecule has 2 heterocycles. The highest BCUT2D eigenvalue weighted by Gasteiger charge is 2.70. The van der Waals surface area contributed by atoms with E-state index in [4.69, 9.17) is 9.47 Å². The number of aryl methyl sites for hydroxylation is 1. The van der Waals surface area contributed by atoms with Crippen molar-refractivity contribution in [2.24, 2.45) is 0 Å². The third-order valence-electron chi connectivity index (χ3n) is 5.33. The lowest BCUT2D eigenvalue weighted by atomic mass is 9.89. The molecule has 1 spiro atoms. The average Bonchev–Trinajstić information content (AvgIpc) is 3.49. The number of rotatable bonds is 2. The van der Waals surface area contributed by atoms with Crippen molar-refractivity contribution in [3.8, 4) is 0 Å². The topological polar surface area (TPSA) is 42.1 Å². The van der Waals surface area contributed by atoms with Crippen molar-refractivity contribution in [3.05, 3.63) is 71.3 Å². The molecule has 2 aromatic rings. The minimum absolute atomic E-state index is 0.0200. The third-order valence-corrected chi connectivity index (χ3v) is 5.33. The zero-order chi connectivity index (χ0) is 15.4. The highest BCUT2D eigenvalue weighted by molar-refractivity contribution is 6.06. The number of benzene rings is 2. The Balaban J connectivity index is 1.40. The standard InChI is InChI=1S/C20H18O3/c21-18-15-11-5-4-7-13(15)10-6-12-20(18)19(23-20)17-16(22-17)14-8-2-1-3-9-14/h1-5,7-9,11,16-17,19H,6,10,12H2/t16-,17+,19+,20+/m1/s1. The summed E-state index contributed by atoms with van der Waals surface area (Å²) >= 11 is 0. The summed E-state index contributed by atoms with van der Waals surface area (Å²) in [5.74, 6) is 0.151. The molecule has 23 heavy (non-hydrogen) atoms. The highest BCUT2D eigenvalue weighted by atomic mass is 16.7. The maximum absolute atomic E-state index is 13.0. The molecule has 0 unspecified atom stereocenters. The van der Waals surface area contributed by atoms with Crippen LogP contribution in [0.25, 0.3) is 0 Å². The van der Waals surface area contributed by atoms with Crippen molar-refractivity contribution in [1.82, 2.24) is 0 Å². The predicted molar refractivity (Wildman–Crippen MR) is 85.4 cm³/mol. The summed E-state index contributed by atoms with van der Waals surface area (Å²) in [6, 6.07) is 18.1. The molecule has 4 atom stereocenters. The van der Waals surface area contributed by atoms with E-state index in [1.54, 1.807) is 0 Å². The predicted octanol–water partition coefficient (Wildman–Crippen LogP) is 3.48. The largest absolute Gasteiger partial charge is 0.362 e. The molecule has 2 fully saturated rings. The van der Waals surface area contributed by atoms with Crippen LogP contribution in [0.1, 0.15) is 40.4 Å². The number of carbonyl (C=O) groups excluding carboxylic acids is 1. The summed E-state index contributed by atoms with van der Waals surface area (Å²) in [4.78, 5) is 13.0. The van der Waals surface area contributed by atoms with Gasteiger partial charge in [-0.2, -0.15) is 0 Å². The van der Waals surface area contributed by atoms with E-state index in [-0.39, 0.29) is 24.1 Å². The van der Waals surface area contributed by atoms with Gasteiger partial charge in [-0.05, 0) is 30.4 Å². The van der Waals surface area contributed by atoms with Crippen LogP contribution >= 0.6 is 0 Å². The number of epoxide rings is 2. The molecule has 2 aliphatic heterocycles. The minimum Gasteiger partial charge on any atom is -0.362 e. The molecule has 0 amide bonds. The molecule has 2 saturated heterocycles. The molecule has 2 aromatic carbocycles. The van der Waals surface area contributed by atoms with Gasteiger partial charge in [0.05, 0.1) is 0 Å². The number of hydrogen-bond donors (Lipinski definition) is 0. The fraction of sp³-hybridized carbons (Fsp3) is 0.350. The van der Waals surface area contributed by atoms with Crippen LogP contribution in [-0.4, -0.2) is 23.6 Å². The van der Waals surface area contributed by atoms with Crippen molar-refractivity contribution in [3.63, 3.8) is 0 Å². The smallest absolute Gasteiger partial charge is 0.197 e. The fourth-order valence-corrected chi connectivity index (χ4v) is 4.02. The molecule has 0 radical (unpaired) electrons. The summed E-state index contributed by atoms with van der Waals surface area (Å²) in [5.41, 5.74) is 2.52. The second kappa shape index (κ2) is 4.76. The summed E-state index contributed by atoms with van der Waals surface area (Å²) in [7, 11) is 0. The minimum atomic E-state index is -0.638. The Morgan fingerprint density at radius 2 is 1.78 bits per heavy atom. The molecule has 0 aromatic heterocycles. The Hall–Kier alpha value is -1.97. The number of Topliss-reactive ketones (excluding diaryl/α,β-unsaturated/α-hetero) is 1. The van der Waals surface area contributed by atoms with Gasteiger partial charge in [-0.15, -0.1) is 0 Å². The summed E-state index contributed by atoms with van der Waals surface area (Å²) in [6.45, 7) is 0. The molecule has 5 rings (SSSR count). The van der Waals surface area contributed by atoms with Crippen molar-refractivity contribution in [2.45, 2.75) is 43.2 Å². The van der Waals surface area contributed by atoms with Gasteiger partial charge in [0, 0.05) is 5.56 Å². The van der Waals surface area contributed by atoms with Crippen molar-refractivity contribution in [2.75, 3.05) is 0 Å². The number of ether oxygens (including phenoxy) is 2. The summed E-state index contributed by atoms with van der Waals surface area (Å²) < 4.78 is 11.9. The Morgan fingerprint density at radius 3 is 2.65 bits per heavy atom. The zero-order valence-corrected chi connectivity index (χ0v) is 12.8. The molecule has 0 N–H and O–H groups in total. The molecule has 3 nitrogen and oxygen atoms in total. The van der Waals surface area contributed by atoms with Crippen molar-refractivity contribution < 1.29 is 14.3 Å². The van der Waals surface area contributed by atoms with Crippen molar-refractivity contribution in [1.29, 1.82) is 0 Å². The van der Waals surface area contributed by atoms with E-state index in [0.717, 1.165) is 30.4 Å². The third kappa shape index (κ3) is 2.00. The van der Waals surface area contributed by atoms with Gasteiger partial charge in [-0.3, -0.25) is 4.79 Å². The Morgan fingerprint density at radius 1 is 1.00 bits per heavy atom. The molecule has 116 valence electrons. The van der Waals surface area contributed by atoms with Crippen LogP contribution in [0.3, 0.4) is 0 Å². The average molecular weight is 306 g/mol. The number of carbonyl (C=O) groups is 1. The van der Waals surface area contributed by atoms with E-state index >= 15 is 0 Å². The molecule has 3 heteroatoms. The van der Waals surface area contributed by atoms with Gasteiger partial charge in [0.1, 0.15) is 18.3 Å². The first kappa shape index (κ1) is 13.5. The maximum atomic E-state index is 13.0. The highest BCUT2D eigenvalue weighted by Crippen LogP contribution is 2.56. The van der Waals surface area contributed by atoms with E-state index in [1.807, 2.05) is 36.4 Å². The van der Waals surface area contributed by atoms with Gasteiger partial charge < -0.3 is 9.47 Å². The van der Waals surface area contributed by atoms with Gasteiger partial charge in [0.2, 0.25) is 0 Å². The molecule has 0 bridgehead atoms. The van der Waals surface area contributed by atoms with Crippen molar-refractivity contribution >= 4 is 5.78 Å². The molecule has 0 saturated carbocycles. The Labute approximate surface area is 135 Å². The van der Waals surface area contributed by atoms with Gasteiger partial charge in [-0.25, -0.2) is 0 Å². The van der Waals surface area contributed by atoms with E-state index in [2.05, 4.69) is 18.2 Å². The lowest BCUT2D eigenvalue weighted by molar-refractivity contribution is 0.0867. The van der Waals surface area contributed by atoms with E-state index < -0.39 is 5.60 Å². The van der Waals surface area contributed by atoms with Crippen LogP contribution in [0, 0.1) is 0 Å². The maximum Gasteiger partial charge on any atom is 0.197 e. The van der Waals surface area contributed by atoms with Crippen LogP contribution < -0.4 is 0 Å². The second-order valence-corrected chi connectivity index (χ2v) is 6.70. The number of ketones is 1. The lowest BCUT2D eigenvalue weighted by Gasteiger charge is -2.08. The molecular formula is C20H18O3. The number of hydrogen-bond acceptors (Lipinski definition) is 3. The quantitative estimate of drug-likeness (QED) is 0.798. The lowest BCUT2D eigenvalue weighted by Crippen LogP contribution is -2.28. The van der Waals surface area contributed by atoms with Crippen LogP contribution in [0.2, 0.25) is 0 Å². The fourth-order valence-electron chi connectivity index (χ4n) is 4.02. The first-order chi connectivity index (χ1) is 11.3. The summed E-state index contributed by atoms with van der Waals surface area (Å²) in [5, 5.41) is 0. The van der Waals surface area contributed by atoms with Crippen LogP contribution in [0.5, 0.6) is 0 Å². The van der Waals surface area contributed by atoms with E-state index in [1.165, 1.54) is 5.56 Å². The summed E-state index contributed by atoms with van der Waals surface area (Å²) in [6.07, 6.45) is 2.74. The van der Waals surface area contributed by atoms with E-state index in [0.29, 0.717) is 0 Å². The van der Waals surface area contributed by atoms with Crippen LogP contribution in [-0.2, 0) is 15.9 Å². The molecule has 1 aliphatic carbocycles.